The Hall–Kier alpha value is -1.31. The molecule has 118 valence electrons. The summed E-state index contributed by atoms with van der Waals surface area (Å²) in [5.41, 5.74) is 0.767. The molecule has 4 nitrogen and oxygen atoms in total. The number of nitrogens with one attached hydrogen (secondary N) is 1. The molecule has 0 bridgehead atoms. The van der Waals surface area contributed by atoms with Crippen molar-refractivity contribution in [2.45, 2.75) is 19.0 Å². The van der Waals surface area contributed by atoms with Gasteiger partial charge in [-0.2, -0.15) is 0 Å². The predicted molar refractivity (Wildman–Crippen MR) is 72.1 cm³/mol. The molecule has 1 aliphatic heterocycles. The lowest BCUT2D eigenvalue weighted by Crippen LogP contribution is -2.44. The van der Waals surface area contributed by atoms with Gasteiger partial charge in [0.2, 0.25) is 0 Å². The van der Waals surface area contributed by atoms with E-state index in [0.717, 1.165) is 25.2 Å². The first-order valence-electron chi connectivity index (χ1n) is 6.78. The summed E-state index contributed by atoms with van der Waals surface area (Å²) in [5.74, 6) is -0.191. The van der Waals surface area contributed by atoms with Gasteiger partial charge in [-0.15, -0.1) is 13.2 Å². The molecule has 7 heteroatoms. The second kappa shape index (κ2) is 7.11. The minimum Gasteiger partial charge on any atom is -0.406 e. The van der Waals surface area contributed by atoms with Gasteiger partial charge in [-0.05, 0) is 24.7 Å². The molecule has 1 unspecified atom stereocenters. The Morgan fingerprint density at radius 2 is 2.24 bits per heavy atom. The van der Waals surface area contributed by atoms with Crippen LogP contribution in [0.4, 0.5) is 13.2 Å². The molecule has 0 aromatic heterocycles. The van der Waals surface area contributed by atoms with E-state index in [-0.39, 0.29) is 11.9 Å². The molecule has 2 rings (SSSR count). The van der Waals surface area contributed by atoms with Crippen molar-refractivity contribution in [1.82, 2.24) is 10.2 Å². The predicted octanol–water partition coefficient (Wildman–Crippen LogP) is 2.01. The van der Waals surface area contributed by atoms with E-state index in [1.807, 2.05) is 11.9 Å². The highest BCUT2D eigenvalue weighted by atomic mass is 19.4. The first-order valence-corrected chi connectivity index (χ1v) is 6.78. The fourth-order valence-corrected chi connectivity index (χ4v) is 2.30. The normalized spacial score (nSPS) is 19.8. The van der Waals surface area contributed by atoms with E-state index in [1.54, 1.807) is 12.1 Å². The zero-order valence-corrected chi connectivity index (χ0v) is 11.8. The van der Waals surface area contributed by atoms with Crippen molar-refractivity contribution in [2.24, 2.45) is 0 Å². The van der Waals surface area contributed by atoms with Crippen molar-refractivity contribution >= 4 is 0 Å². The summed E-state index contributed by atoms with van der Waals surface area (Å²) in [7, 11) is 1.91. The van der Waals surface area contributed by atoms with Gasteiger partial charge < -0.3 is 14.8 Å². The number of hydrogen-bond donors (Lipinski definition) is 1. The fraction of sp³-hybridized carbons (Fsp3) is 0.571. The number of halogens is 3. The molecule has 1 aromatic rings. The van der Waals surface area contributed by atoms with Crippen molar-refractivity contribution in [3.63, 3.8) is 0 Å². The Balaban J connectivity index is 1.88. The van der Waals surface area contributed by atoms with E-state index < -0.39 is 6.36 Å². The number of ether oxygens (including phenoxy) is 2. The zero-order valence-electron chi connectivity index (χ0n) is 11.8. The first kappa shape index (κ1) is 16.1. The van der Waals surface area contributed by atoms with Crippen molar-refractivity contribution in [2.75, 3.05) is 33.3 Å². The molecule has 0 spiro atoms. The lowest BCUT2D eigenvalue weighted by molar-refractivity contribution is -0.274. The van der Waals surface area contributed by atoms with Gasteiger partial charge in [-0.3, -0.25) is 4.90 Å². The number of hydrogen-bond acceptors (Lipinski definition) is 4. The van der Waals surface area contributed by atoms with Crippen LogP contribution in [0.15, 0.2) is 24.3 Å². The summed E-state index contributed by atoms with van der Waals surface area (Å²) in [4.78, 5) is 2.02. The van der Waals surface area contributed by atoms with Gasteiger partial charge in [0.15, 0.2) is 0 Å². The highest BCUT2D eigenvalue weighted by Crippen LogP contribution is 2.23. The summed E-state index contributed by atoms with van der Waals surface area (Å²) < 4.78 is 46.1. The molecular formula is C14H19F3N2O2. The Bertz CT molecular complexity index is 448. The zero-order chi connectivity index (χ0) is 15.3. The lowest BCUT2D eigenvalue weighted by atomic mass is 10.2. The van der Waals surface area contributed by atoms with Gasteiger partial charge in [-0.1, -0.05) is 12.1 Å². The molecule has 1 saturated heterocycles. The first-order chi connectivity index (χ1) is 9.92. The lowest BCUT2D eigenvalue weighted by Gasteiger charge is -2.28. The molecule has 1 aliphatic rings. The smallest absolute Gasteiger partial charge is 0.406 e. The Morgan fingerprint density at radius 1 is 1.43 bits per heavy atom. The number of likely N-dealkylation sites (N-methyl/N-ethyl adjacent to an activating group) is 1. The monoisotopic (exact) mass is 304 g/mol. The van der Waals surface area contributed by atoms with E-state index in [4.69, 9.17) is 4.74 Å². The van der Waals surface area contributed by atoms with Crippen LogP contribution >= 0.6 is 0 Å². The van der Waals surface area contributed by atoms with Gasteiger partial charge >= 0.3 is 6.36 Å². The highest BCUT2D eigenvalue weighted by Gasteiger charge is 2.31. The van der Waals surface area contributed by atoms with E-state index >= 15 is 0 Å². The van der Waals surface area contributed by atoms with E-state index in [1.165, 1.54) is 12.1 Å². The molecule has 0 radical (unpaired) electrons. The highest BCUT2D eigenvalue weighted by molar-refractivity contribution is 5.28. The van der Waals surface area contributed by atoms with Gasteiger partial charge in [0.25, 0.3) is 0 Å². The number of benzene rings is 1. The molecule has 0 saturated carbocycles. The van der Waals surface area contributed by atoms with Crippen LogP contribution in [-0.2, 0) is 11.3 Å². The Kier molecular flexibility index (Phi) is 5.44. The number of morpholine rings is 1. The molecule has 1 atom stereocenters. The maximum atomic E-state index is 12.2. The summed E-state index contributed by atoms with van der Waals surface area (Å²) in [6, 6.07) is 6.04. The Labute approximate surface area is 121 Å². The molecule has 21 heavy (non-hydrogen) atoms. The average Bonchev–Trinajstić information content (AvgIpc) is 2.38. The largest absolute Gasteiger partial charge is 0.573 e. The quantitative estimate of drug-likeness (QED) is 0.902. The number of alkyl halides is 3. The molecule has 0 amide bonds. The number of rotatable bonds is 5. The summed E-state index contributed by atoms with van der Waals surface area (Å²) >= 11 is 0. The molecule has 1 aromatic carbocycles. The van der Waals surface area contributed by atoms with Crippen LogP contribution in [0.25, 0.3) is 0 Å². The van der Waals surface area contributed by atoms with Crippen LogP contribution in [0.3, 0.4) is 0 Å². The Morgan fingerprint density at radius 3 is 2.90 bits per heavy atom. The third-order valence-electron chi connectivity index (χ3n) is 3.10. The second-order valence-corrected chi connectivity index (χ2v) is 5.09. The van der Waals surface area contributed by atoms with Crippen molar-refractivity contribution in [3.8, 4) is 5.75 Å². The standard InChI is InChI=1S/C14H19F3N2O2/c1-19(10-13-8-18-5-6-20-13)9-11-3-2-4-12(7-11)21-14(15,16)17/h2-4,7,13,18H,5-6,8-10H2,1H3. The van der Waals surface area contributed by atoms with Gasteiger partial charge in [0.1, 0.15) is 5.75 Å². The van der Waals surface area contributed by atoms with Crippen molar-refractivity contribution in [1.29, 1.82) is 0 Å². The van der Waals surface area contributed by atoms with E-state index in [0.29, 0.717) is 13.2 Å². The minimum atomic E-state index is -4.66. The van der Waals surface area contributed by atoms with E-state index in [9.17, 15) is 13.2 Å². The molecular weight excluding hydrogens is 285 g/mol. The summed E-state index contributed by atoms with van der Waals surface area (Å²) in [6.45, 7) is 3.60. The SMILES string of the molecule is CN(Cc1cccc(OC(F)(F)F)c1)CC1CNCCO1. The van der Waals surface area contributed by atoms with Gasteiger partial charge in [-0.25, -0.2) is 0 Å². The molecule has 1 fully saturated rings. The maximum Gasteiger partial charge on any atom is 0.573 e. The molecule has 1 heterocycles. The maximum absolute atomic E-state index is 12.2. The van der Waals surface area contributed by atoms with Crippen LogP contribution in [0, 0.1) is 0 Å². The number of nitrogens with zero attached hydrogens (tertiary/aromatic N) is 1. The van der Waals surface area contributed by atoms with Crippen LogP contribution < -0.4 is 10.1 Å². The summed E-state index contributed by atoms with van der Waals surface area (Å²) in [5, 5.41) is 3.24. The fourth-order valence-electron chi connectivity index (χ4n) is 2.30. The second-order valence-electron chi connectivity index (χ2n) is 5.09. The molecule has 0 aliphatic carbocycles. The van der Waals surface area contributed by atoms with E-state index in [2.05, 4.69) is 10.1 Å². The topological polar surface area (TPSA) is 33.7 Å². The average molecular weight is 304 g/mol. The van der Waals surface area contributed by atoms with Gasteiger partial charge in [0, 0.05) is 26.2 Å². The third kappa shape index (κ3) is 5.91. The minimum absolute atomic E-state index is 0.110. The molecule has 1 N–H and O–H groups in total. The third-order valence-corrected chi connectivity index (χ3v) is 3.10. The van der Waals surface area contributed by atoms with Crippen LogP contribution in [0.1, 0.15) is 5.56 Å². The van der Waals surface area contributed by atoms with Crippen molar-refractivity contribution < 1.29 is 22.6 Å². The van der Waals surface area contributed by atoms with Gasteiger partial charge in [0.05, 0.1) is 12.7 Å². The van der Waals surface area contributed by atoms with Crippen molar-refractivity contribution in [3.05, 3.63) is 29.8 Å². The van der Waals surface area contributed by atoms with Crippen LogP contribution in [-0.4, -0.2) is 50.7 Å². The summed E-state index contributed by atoms with van der Waals surface area (Å²) in [6.07, 6.45) is -4.55. The van der Waals surface area contributed by atoms with Crippen LogP contribution in [0.2, 0.25) is 0 Å². The van der Waals surface area contributed by atoms with Crippen LogP contribution in [0.5, 0.6) is 5.75 Å².